The van der Waals surface area contributed by atoms with Gasteiger partial charge in [-0.05, 0) is 59.8 Å². The summed E-state index contributed by atoms with van der Waals surface area (Å²) in [4.78, 5) is 2.36. The van der Waals surface area contributed by atoms with Crippen LogP contribution in [0.15, 0.2) is 27.8 Å². The average molecular weight is 312 g/mol. The number of oxime groups is 1. The molecule has 1 saturated carbocycles. The van der Waals surface area contributed by atoms with E-state index in [1.165, 1.54) is 18.5 Å². The van der Waals surface area contributed by atoms with Crippen LogP contribution >= 0.6 is 15.9 Å². The smallest absolute Gasteiger partial charge is 0.170 e. The minimum absolute atomic E-state index is 0.132. The minimum Gasteiger partial charge on any atom is -0.409 e. The second-order valence-electron chi connectivity index (χ2n) is 4.63. The Labute approximate surface area is 116 Å². The highest BCUT2D eigenvalue weighted by Crippen LogP contribution is 2.34. The van der Waals surface area contributed by atoms with Gasteiger partial charge in [0.15, 0.2) is 5.84 Å². The summed E-state index contributed by atoms with van der Waals surface area (Å²) in [5, 5.41) is 11.7. The van der Waals surface area contributed by atoms with Gasteiger partial charge in [-0.2, -0.15) is 0 Å². The third-order valence-corrected chi connectivity index (χ3v) is 3.88. The molecule has 5 heteroatoms. The lowest BCUT2D eigenvalue weighted by atomic mass is 10.1. The summed E-state index contributed by atoms with van der Waals surface area (Å²) in [5.41, 5.74) is 7.46. The van der Waals surface area contributed by atoms with E-state index in [0.717, 1.165) is 29.0 Å². The monoisotopic (exact) mass is 311 g/mol. The standard InChI is InChI=1S/C13H18BrN3O/c1-2-17(8-9-3-4-9)12-6-5-10(7-11(12)14)13(15)16-18/h5-7,9,18H,2-4,8H2,1H3,(H2,15,16). The quantitative estimate of drug-likeness (QED) is 0.380. The number of nitrogens with zero attached hydrogens (tertiary/aromatic N) is 2. The summed E-state index contributed by atoms with van der Waals surface area (Å²) in [6, 6.07) is 5.79. The first kappa shape index (κ1) is 13.2. The Bertz CT molecular complexity index is 458. The highest BCUT2D eigenvalue weighted by atomic mass is 79.9. The molecule has 0 unspecified atom stereocenters. The summed E-state index contributed by atoms with van der Waals surface area (Å²) in [7, 11) is 0. The molecule has 0 spiro atoms. The van der Waals surface area contributed by atoms with Crippen LogP contribution in [-0.2, 0) is 0 Å². The predicted molar refractivity (Wildman–Crippen MR) is 77.3 cm³/mol. The molecule has 0 atom stereocenters. The second kappa shape index (κ2) is 5.61. The molecule has 0 aliphatic heterocycles. The molecule has 3 N–H and O–H groups in total. The largest absolute Gasteiger partial charge is 0.409 e. The molecule has 2 rings (SSSR count). The van der Waals surface area contributed by atoms with Crippen molar-refractivity contribution >= 4 is 27.5 Å². The molecule has 0 radical (unpaired) electrons. The maximum atomic E-state index is 8.67. The Hall–Kier alpha value is -1.23. The summed E-state index contributed by atoms with van der Waals surface area (Å²) in [5.74, 6) is 0.980. The van der Waals surface area contributed by atoms with Crippen molar-refractivity contribution in [2.75, 3.05) is 18.0 Å². The van der Waals surface area contributed by atoms with Crippen LogP contribution in [0.1, 0.15) is 25.3 Å². The van der Waals surface area contributed by atoms with Crippen LogP contribution in [0.25, 0.3) is 0 Å². The maximum Gasteiger partial charge on any atom is 0.170 e. The van der Waals surface area contributed by atoms with Crippen molar-refractivity contribution in [1.29, 1.82) is 0 Å². The lowest BCUT2D eigenvalue weighted by Crippen LogP contribution is -2.25. The molecule has 18 heavy (non-hydrogen) atoms. The summed E-state index contributed by atoms with van der Waals surface area (Å²) in [6.45, 7) is 4.25. The number of rotatable bonds is 5. The van der Waals surface area contributed by atoms with E-state index in [2.05, 4.69) is 32.9 Å². The Morgan fingerprint density at radius 2 is 2.28 bits per heavy atom. The van der Waals surface area contributed by atoms with Crippen molar-refractivity contribution in [3.63, 3.8) is 0 Å². The van der Waals surface area contributed by atoms with Gasteiger partial charge < -0.3 is 15.8 Å². The molecule has 1 aromatic rings. The van der Waals surface area contributed by atoms with Crippen LogP contribution in [0.3, 0.4) is 0 Å². The number of anilines is 1. The van der Waals surface area contributed by atoms with Crippen molar-refractivity contribution in [3.05, 3.63) is 28.2 Å². The van der Waals surface area contributed by atoms with Crippen LogP contribution in [0, 0.1) is 5.92 Å². The van der Waals surface area contributed by atoms with Gasteiger partial charge in [0, 0.05) is 23.1 Å². The Morgan fingerprint density at radius 1 is 1.56 bits per heavy atom. The highest BCUT2D eigenvalue weighted by molar-refractivity contribution is 9.10. The van der Waals surface area contributed by atoms with Gasteiger partial charge >= 0.3 is 0 Å². The van der Waals surface area contributed by atoms with E-state index in [4.69, 9.17) is 10.9 Å². The molecular formula is C13H18BrN3O. The Kier molecular flexibility index (Phi) is 4.11. The van der Waals surface area contributed by atoms with Gasteiger partial charge in [-0.3, -0.25) is 0 Å². The molecular weight excluding hydrogens is 294 g/mol. The van der Waals surface area contributed by atoms with E-state index in [1.807, 2.05) is 18.2 Å². The van der Waals surface area contributed by atoms with Crippen LogP contribution < -0.4 is 10.6 Å². The zero-order chi connectivity index (χ0) is 13.1. The van der Waals surface area contributed by atoms with Gasteiger partial charge in [-0.1, -0.05) is 5.16 Å². The molecule has 0 saturated heterocycles. The van der Waals surface area contributed by atoms with Gasteiger partial charge in [0.1, 0.15) is 0 Å². The second-order valence-corrected chi connectivity index (χ2v) is 5.49. The Morgan fingerprint density at radius 3 is 2.78 bits per heavy atom. The third kappa shape index (κ3) is 2.96. The normalized spacial score (nSPS) is 15.8. The lowest BCUT2D eigenvalue weighted by Gasteiger charge is -2.24. The zero-order valence-corrected chi connectivity index (χ0v) is 12.0. The predicted octanol–water partition coefficient (Wildman–Crippen LogP) is 2.78. The van der Waals surface area contributed by atoms with Crippen molar-refractivity contribution in [2.45, 2.75) is 19.8 Å². The van der Waals surface area contributed by atoms with E-state index in [0.29, 0.717) is 0 Å². The first-order valence-corrected chi connectivity index (χ1v) is 6.97. The summed E-state index contributed by atoms with van der Waals surface area (Å²) >= 11 is 3.56. The lowest BCUT2D eigenvalue weighted by molar-refractivity contribution is 0.318. The molecule has 0 bridgehead atoms. The topological polar surface area (TPSA) is 61.8 Å². The van der Waals surface area contributed by atoms with E-state index in [-0.39, 0.29) is 5.84 Å². The number of nitrogens with two attached hydrogens (primary N) is 1. The fourth-order valence-electron chi connectivity index (χ4n) is 1.99. The van der Waals surface area contributed by atoms with Crippen molar-refractivity contribution < 1.29 is 5.21 Å². The Balaban J connectivity index is 2.21. The minimum atomic E-state index is 0.132. The summed E-state index contributed by atoms with van der Waals surface area (Å²) in [6.07, 6.45) is 2.69. The molecule has 4 nitrogen and oxygen atoms in total. The van der Waals surface area contributed by atoms with Crippen LogP contribution in [-0.4, -0.2) is 24.1 Å². The number of hydrogen-bond donors (Lipinski definition) is 2. The average Bonchev–Trinajstić information content (AvgIpc) is 3.19. The van der Waals surface area contributed by atoms with Crippen molar-refractivity contribution in [3.8, 4) is 0 Å². The van der Waals surface area contributed by atoms with Gasteiger partial charge in [-0.15, -0.1) is 0 Å². The molecule has 1 aliphatic carbocycles. The van der Waals surface area contributed by atoms with Gasteiger partial charge in [-0.25, -0.2) is 0 Å². The van der Waals surface area contributed by atoms with Crippen LogP contribution in [0.2, 0.25) is 0 Å². The first-order valence-electron chi connectivity index (χ1n) is 6.18. The zero-order valence-electron chi connectivity index (χ0n) is 10.4. The molecule has 1 aromatic carbocycles. The number of benzene rings is 1. The SMILES string of the molecule is CCN(CC1CC1)c1ccc(/C(N)=N/O)cc1Br. The van der Waals surface area contributed by atoms with Crippen molar-refractivity contribution in [2.24, 2.45) is 16.8 Å². The molecule has 0 amide bonds. The van der Waals surface area contributed by atoms with E-state index >= 15 is 0 Å². The molecule has 98 valence electrons. The molecule has 0 heterocycles. The number of halogens is 1. The third-order valence-electron chi connectivity index (χ3n) is 3.25. The highest BCUT2D eigenvalue weighted by Gasteiger charge is 2.24. The van der Waals surface area contributed by atoms with E-state index in [9.17, 15) is 0 Å². The number of amidine groups is 1. The van der Waals surface area contributed by atoms with Gasteiger partial charge in [0.2, 0.25) is 0 Å². The molecule has 1 aliphatic rings. The van der Waals surface area contributed by atoms with E-state index < -0.39 is 0 Å². The molecule has 0 aromatic heterocycles. The van der Waals surface area contributed by atoms with E-state index in [1.54, 1.807) is 0 Å². The van der Waals surface area contributed by atoms with Crippen LogP contribution in [0.4, 0.5) is 5.69 Å². The van der Waals surface area contributed by atoms with Gasteiger partial charge in [0.05, 0.1) is 5.69 Å². The fraction of sp³-hybridized carbons (Fsp3) is 0.462. The van der Waals surface area contributed by atoms with Gasteiger partial charge in [0.25, 0.3) is 0 Å². The van der Waals surface area contributed by atoms with Crippen molar-refractivity contribution in [1.82, 2.24) is 0 Å². The molecule has 1 fully saturated rings. The fourth-order valence-corrected chi connectivity index (χ4v) is 2.62. The van der Waals surface area contributed by atoms with Crippen LogP contribution in [0.5, 0.6) is 0 Å². The first-order chi connectivity index (χ1) is 8.65. The summed E-state index contributed by atoms with van der Waals surface area (Å²) < 4.78 is 0.981. The maximum absolute atomic E-state index is 8.67. The number of hydrogen-bond acceptors (Lipinski definition) is 3.